The summed E-state index contributed by atoms with van der Waals surface area (Å²) in [6.45, 7) is 2.20. The second kappa shape index (κ2) is 14.4. The fourth-order valence-electron chi connectivity index (χ4n) is 6.08. The number of fused-ring (bicyclic) bond motifs is 2. The Hall–Kier alpha value is -5.07. The third-order valence-corrected chi connectivity index (χ3v) is 10.1. The predicted molar refractivity (Wildman–Crippen MR) is 201 cm³/mol. The summed E-state index contributed by atoms with van der Waals surface area (Å²) in [4.78, 5) is 33.2. The molecule has 1 atom stereocenters. The van der Waals surface area contributed by atoms with Gasteiger partial charge in [-0.1, -0.05) is 96.3 Å². The topological polar surface area (TPSA) is 79.1 Å². The molecule has 0 saturated heterocycles. The molecule has 0 fully saturated rings. The molecule has 0 aliphatic carbocycles. The zero-order valence-corrected chi connectivity index (χ0v) is 30.0. The number of esters is 1. The van der Waals surface area contributed by atoms with Crippen molar-refractivity contribution in [2.75, 3.05) is 13.7 Å². The van der Waals surface area contributed by atoms with Crippen molar-refractivity contribution in [3.05, 3.63) is 166 Å². The lowest BCUT2D eigenvalue weighted by molar-refractivity contribution is -0.138. The smallest absolute Gasteiger partial charge is 0.338 e. The van der Waals surface area contributed by atoms with Gasteiger partial charge in [0.05, 0.1) is 39.1 Å². The van der Waals surface area contributed by atoms with E-state index in [1.165, 1.54) is 28.0 Å². The molecule has 6 aromatic rings. The standard InChI is InChI=1S/C40H30FIN2O5S/c1-3-48-39(46)34-35(26-11-5-4-6-12-26)43-40-44(36(34)27-16-18-29(41)19-17-27)38(45)33(50-40)22-24-20-31(42)37(32(21-24)47-2)49-23-28-14-9-13-25-10-7-8-15-30(25)28/h4-22,36H,3,23H2,1-2H3/b33-22-/t36-/m0/s1. The molecule has 7 nitrogen and oxygen atoms in total. The van der Waals surface area contributed by atoms with Crippen molar-refractivity contribution in [1.82, 2.24) is 4.57 Å². The molecule has 1 aromatic heterocycles. The number of nitrogens with zero attached hydrogens (tertiary/aromatic N) is 2. The molecule has 250 valence electrons. The van der Waals surface area contributed by atoms with E-state index in [0.29, 0.717) is 44.3 Å². The van der Waals surface area contributed by atoms with Gasteiger partial charge >= 0.3 is 5.97 Å². The van der Waals surface area contributed by atoms with Gasteiger partial charge in [0.1, 0.15) is 12.4 Å². The molecule has 50 heavy (non-hydrogen) atoms. The highest BCUT2D eigenvalue weighted by atomic mass is 127. The Labute approximate surface area is 304 Å². The minimum Gasteiger partial charge on any atom is -0.493 e. The first-order chi connectivity index (χ1) is 24.4. The Morgan fingerprint density at radius 3 is 2.48 bits per heavy atom. The van der Waals surface area contributed by atoms with Crippen LogP contribution in [0.2, 0.25) is 0 Å². The summed E-state index contributed by atoms with van der Waals surface area (Å²) in [5, 5.41) is 2.26. The van der Waals surface area contributed by atoms with Crippen molar-refractivity contribution in [2.24, 2.45) is 4.99 Å². The lowest BCUT2D eigenvalue weighted by Gasteiger charge is -2.25. The molecule has 5 aromatic carbocycles. The van der Waals surface area contributed by atoms with Gasteiger partial charge in [-0.3, -0.25) is 9.36 Å². The molecule has 10 heteroatoms. The van der Waals surface area contributed by atoms with Gasteiger partial charge in [-0.15, -0.1) is 0 Å². The Kier molecular flexibility index (Phi) is 9.64. The summed E-state index contributed by atoms with van der Waals surface area (Å²) in [6, 6.07) is 32.2. The molecule has 0 amide bonds. The molecule has 0 radical (unpaired) electrons. The SMILES string of the molecule is CCOC(=O)C1=C(c2ccccc2)N=c2s/c(=C\c3cc(I)c(OCc4cccc5ccccc45)c(OC)c3)c(=O)n2[C@H]1c1ccc(F)cc1. The van der Waals surface area contributed by atoms with E-state index in [0.717, 1.165) is 25.5 Å². The van der Waals surface area contributed by atoms with Gasteiger partial charge in [0.15, 0.2) is 16.3 Å². The summed E-state index contributed by atoms with van der Waals surface area (Å²) in [6.07, 6.45) is 1.78. The van der Waals surface area contributed by atoms with Crippen molar-refractivity contribution in [1.29, 1.82) is 0 Å². The lowest BCUT2D eigenvalue weighted by Crippen LogP contribution is -2.40. The molecule has 1 aliphatic heterocycles. The predicted octanol–water partition coefficient (Wildman–Crippen LogP) is 7.42. The molecule has 0 unspecified atom stereocenters. The van der Waals surface area contributed by atoms with Crippen LogP contribution in [-0.4, -0.2) is 24.3 Å². The molecule has 2 heterocycles. The molecular weight excluding hydrogens is 766 g/mol. The van der Waals surface area contributed by atoms with E-state index in [2.05, 4.69) is 40.8 Å². The molecule has 0 bridgehead atoms. The number of methoxy groups -OCH3 is 1. The minimum atomic E-state index is -0.900. The Balaban J connectivity index is 1.33. The van der Waals surface area contributed by atoms with Crippen LogP contribution in [0.25, 0.3) is 22.5 Å². The van der Waals surface area contributed by atoms with E-state index >= 15 is 0 Å². The van der Waals surface area contributed by atoms with E-state index < -0.39 is 17.8 Å². The zero-order chi connectivity index (χ0) is 34.8. The number of halogens is 2. The van der Waals surface area contributed by atoms with Crippen LogP contribution in [0.3, 0.4) is 0 Å². The van der Waals surface area contributed by atoms with Crippen LogP contribution in [0.5, 0.6) is 11.5 Å². The summed E-state index contributed by atoms with van der Waals surface area (Å²) < 4.78 is 34.4. The maximum atomic E-state index is 14.3. The van der Waals surface area contributed by atoms with Crippen molar-refractivity contribution in [2.45, 2.75) is 19.6 Å². The highest BCUT2D eigenvalue weighted by molar-refractivity contribution is 14.1. The third-order valence-electron chi connectivity index (χ3n) is 8.36. The number of hydrogen-bond donors (Lipinski definition) is 0. The van der Waals surface area contributed by atoms with Crippen LogP contribution in [0.4, 0.5) is 4.39 Å². The Bertz CT molecular complexity index is 2450. The van der Waals surface area contributed by atoms with Gasteiger partial charge in [0.25, 0.3) is 5.56 Å². The molecule has 7 rings (SSSR count). The van der Waals surface area contributed by atoms with E-state index in [1.807, 2.05) is 66.7 Å². The second-order valence-electron chi connectivity index (χ2n) is 11.4. The van der Waals surface area contributed by atoms with Crippen molar-refractivity contribution < 1.29 is 23.4 Å². The lowest BCUT2D eigenvalue weighted by atomic mass is 9.93. The number of carbonyl (C=O) groups excluding carboxylic acids is 1. The van der Waals surface area contributed by atoms with Gasteiger partial charge in [-0.2, -0.15) is 0 Å². The van der Waals surface area contributed by atoms with E-state index in [9.17, 15) is 14.0 Å². The average Bonchev–Trinajstić information content (AvgIpc) is 3.44. The third kappa shape index (κ3) is 6.48. The maximum absolute atomic E-state index is 14.3. The molecule has 0 spiro atoms. The molecule has 1 aliphatic rings. The summed E-state index contributed by atoms with van der Waals surface area (Å²) >= 11 is 3.42. The van der Waals surface area contributed by atoms with Gasteiger partial charge in [-0.25, -0.2) is 14.2 Å². The number of carbonyl (C=O) groups is 1. The fraction of sp³-hybridized carbons (Fsp3) is 0.125. The number of aromatic nitrogens is 1. The van der Waals surface area contributed by atoms with E-state index in [4.69, 9.17) is 19.2 Å². The van der Waals surface area contributed by atoms with Gasteiger partial charge in [0, 0.05) is 5.56 Å². The normalized spacial score (nSPS) is 14.3. The molecule has 0 saturated carbocycles. The quantitative estimate of drug-likeness (QED) is 0.113. The van der Waals surface area contributed by atoms with Crippen LogP contribution in [0.1, 0.15) is 35.2 Å². The van der Waals surface area contributed by atoms with Crippen LogP contribution in [-0.2, 0) is 16.1 Å². The maximum Gasteiger partial charge on any atom is 0.338 e. The first-order valence-corrected chi connectivity index (χ1v) is 17.8. The summed E-state index contributed by atoms with van der Waals surface area (Å²) in [5.74, 6) is 0.0927. The fourth-order valence-corrected chi connectivity index (χ4v) is 7.87. The van der Waals surface area contributed by atoms with Gasteiger partial charge < -0.3 is 14.2 Å². The monoisotopic (exact) mass is 796 g/mol. The van der Waals surface area contributed by atoms with Crippen LogP contribution in [0.15, 0.2) is 125 Å². The molecule has 0 N–H and O–H groups in total. The largest absolute Gasteiger partial charge is 0.493 e. The summed E-state index contributed by atoms with van der Waals surface area (Å²) in [5.41, 5.74) is 3.28. The Morgan fingerprint density at radius 1 is 0.980 bits per heavy atom. The summed E-state index contributed by atoms with van der Waals surface area (Å²) in [7, 11) is 1.58. The Morgan fingerprint density at radius 2 is 1.72 bits per heavy atom. The first-order valence-electron chi connectivity index (χ1n) is 15.9. The van der Waals surface area contributed by atoms with E-state index in [-0.39, 0.29) is 17.7 Å². The number of hydrogen-bond acceptors (Lipinski definition) is 7. The van der Waals surface area contributed by atoms with Crippen LogP contribution >= 0.6 is 33.9 Å². The van der Waals surface area contributed by atoms with Gasteiger partial charge in [-0.05, 0) is 87.3 Å². The number of rotatable bonds is 9. The van der Waals surface area contributed by atoms with E-state index in [1.54, 1.807) is 32.2 Å². The van der Waals surface area contributed by atoms with Crippen molar-refractivity contribution in [3.63, 3.8) is 0 Å². The highest BCUT2D eigenvalue weighted by Gasteiger charge is 2.35. The highest BCUT2D eigenvalue weighted by Crippen LogP contribution is 2.37. The van der Waals surface area contributed by atoms with Gasteiger partial charge in [0.2, 0.25) is 0 Å². The second-order valence-corrected chi connectivity index (χ2v) is 13.6. The van der Waals surface area contributed by atoms with Crippen LogP contribution in [0, 0.1) is 9.39 Å². The van der Waals surface area contributed by atoms with Crippen molar-refractivity contribution in [3.8, 4) is 11.5 Å². The number of benzene rings is 5. The number of ether oxygens (including phenoxy) is 3. The van der Waals surface area contributed by atoms with Crippen molar-refractivity contribution >= 4 is 62.4 Å². The van der Waals surface area contributed by atoms with Crippen LogP contribution < -0.4 is 24.4 Å². The first kappa shape index (κ1) is 33.4. The zero-order valence-electron chi connectivity index (χ0n) is 27.1. The minimum absolute atomic E-state index is 0.132. The number of thiazole rings is 1. The average molecular weight is 797 g/mol. The molecular formula is C40H30FIN2O5S.